The maximum Gasteiger partial charge on any atom is 0.348 e. The Morgan fingerprint density at radius 3 is 3.10 bits per heavy atom. The molecule has 102 valence electrons. The van der Waals surface area contributed by atoms with Gasteiger partial charge in [0.05, 0.1) is 5.69 Å². The lowest BCUT2D eigenvalue weighted by atomic mass is 9.97. The second kappa shape index (κ2) is 4.96. The zero-order valence-corrected chi connectivity index (χ0v) is 11.4. The Morgan fingerprint density at radius 2 is 2.30 bits per heavy atom. The molecule has 0 N–H and O–H groups in total. The Kier molecular flexibility index (Phi) is 3.14. The Balaban J connectivity index is 2.08. The number of fused-ring (bicyclic) bond motifs is 3. The topological polar surface area (TPSA) is 44.1 Å². The van der Waals surface area contributed by atoms with Crippen molar-refractivity contribution in [2.75, 3.05) is 6.61 Å². The van der Waals surface area contributed by atoms with E-state index in [0.717, 1.165) is 29.1 Å². The summed E-state index contributed by atoms with van der Waals surface area (Å²) in [4.78, 5) is 15.9. The third-order valence-corrected chi connectivity index (χ3v) is 3.46. The van der Waals surface area contributed by atoms with E-state index in [0.29, 0.717) is 13.2 Å². The number of nitrogens with zero attached hydrogens (tertiary/aromatic N) is 2. The summed E-state index contributed by atoms with van der Waals surface area (Å²) in [6.45, 7) is 6.65. The van der Waals surface area contributed by atoms with Crippen LogP contribution in [-0.4, -0.2) is 16.2 Å². The fourth-order valence-corrected chi connectivity index (χ4v) is 2.57. The van der Waals surface area contributed by atoms with Gasteiger partial charge in [-0.3, -0.25) is 4.57 Å². The highest BCUT2D eigenvalue weighted by molar-refractivity contribution is 5.67. The SMILES string of the molecule is C=CCOc1ccc2c(c1)CCn1c-2cc(C)nc1=O. The van der Waals surface area contributed by atoms with Crippen molar-refractivity contribution in [3.05, 3.63) is 58.7 Å². The third kappa shape index (κ3) is 2.13. The van der Waals surface area contributed by atoms with Gasteiger partial charge in [0, 0.05) is 17.8 Å². The van der Waals surface area contributed by atoms with Crippen molar-refractivity contribution >= 4 is 0 Å². The van der Waals surface area contributed by atoms with Gasteiger partial charge in [-0.1, -0.05) is 12.7 Å². The van der Waals surface area contributed by atoms with Crippen molar-refractivity contribution in [2.24, 2.45) is 0 Å². The first-order chi connectivity index (χ1) is 9.69. The number of benzene rings is 1. The first-order valence-electron chi connectivity index (χ1n) is 6.64. The van der Waals surface area contributed by atoms with Gasteiger partial charge in [0.15, 0.2) is 0 Å². The molecule has 1 aliphatic rings. The standard InChI is InChI=1S/C16H16N2O2/c1-3-8-20-13-4-5-14-12(10-13)6-7-18-15(14)9-11(2)17-16(18)19/h3-5,9-10H,1,6-8H2,2H3. The molecule has 0 spiro atoms. The molecule has 0 atom stereocenters. The summed E-state index contributed by atoms with van der Waals surface area (Å²) >= 11 is 0. The van der Waals surface area contributed by atoms with Crippen molar-refractivity contribution in [3.63, 3.8) is 0 Å². The maximum absolute atomic E-state index is 11.9. The van der Waals surface area contributed by atoms with Gasteiger partial charge >= 0.3 is 5.69 Å². The minimum Gasteiger partial charge on any atom is -0.490 e. The normalized spacial score (nSPS) is 12.4. The van der Waals surface area contributed by atoms with Gasteiger partial charge in [-0.2, -0.15) is 4.98 Å². The largest absolute Gasteiger partial charge is 0.490 e. The van der Waals surface area contributed by atoms with Crippen LogP contribution >= 0.6 is 0 Å². The van der Waals surface area contributed by atoms with Crippen LogP contribution in [0.4, 0.5) is 0 Å². The first-order valence-corrected chi connectivity index (χ1v) is 6.64. The molecule has 0 unspecified atom stereocenters. The summed E-state index contributed by atoms with van der Waals surface area (Å²) in [5.41, 5.74) is 3.82. The Hall–Kier alpha value is -2.36. The molecule has 0 saturated heterocycles. The van der Waals surface area contributed by atoms with Crippen LogP contribution in [0, 0.1) is 6.92 Å². The molecule has 1 aromatic carbocycles. The van der Waals surface area contributed by atoms with Crippen LogP contribution in [-0.2, 0) is 13.0 Å². The van der Waals surface area contributed by atoms with Crippen molar-refractivity contribution in [1.82, 2.24) is 9.55 Å². The van der Waals surface area contributed by atoms with Gasteiger partial charge < -0.3 is 4.74 Å². The van der Waals surface area contributed by atoms with Gasteiger partial charge in [-0.05, 0) is 43.2 Å². The summed E-state index contributed by atoms with van der Waals surface area (Å²) in [5, 5.41) is 0. The average Bonchev–Trinajstić information content (AvgIpc) is 2.44. The average molecular weight is 268 g/mol. The second-order valence-corrected chi connectivity index (χ2v) is 4.89. The Bertz CT molecular complexity index is 732. The van der Waals surface area contributed by atoms with Crippen LogP contribution < -0.4 is 10.4 Å². The zero-order chi connectivity index (χ0) is 14.1. The number of aryl methyl sites for hydroxylation is 2. The van der Waals surface area contributed by atoms with E-state index in [2.05, 4.69) is 11.6 Å². The van der Waals surface area contributed by atoms with E-state index < -0.39 is 0 Å². The van der Waals surface area contributed by atoms with Crippen molar-refractivity contribution < 1.29 is 4.74 Å². The summed E-state index contributed by atoms with van der Waals surface area (Å²) in [6.07, 6.45) is 2.54. The minimum atomic E-state index is -0.169. The molecule has 4 nitrogen and oxygen atoms in total. The van der Waals surface area contributed by atoms with E-state index >= 15 is 0 Å². The second-order valence-electron chi connectivity index (χ2n) is 4.89. The number of rotatable bonds is 3. The van der Waals surface area contributed by atoms with Crippen molar-refractivity contribution in [3.8, 4) is 17.0 Å². The molecule has 2 aromatic rings. The Labute approximate surface area is 117 Å². The number of ether oxygens (including phenoxy) is 1. The molecular formula is C16H16N2O2. The lowest BCUT2D eigenvalue weighted by molar-refractivity contribution is 0.362. The van der Waals surface area contributed by atoms with E-state index in [9.17, 15) is 4.79 Å². The molecule has 20 heavy (non-hydrogen) atoms. The quantitative estimate of drug-likeness (QED) is 0.803. The van der Waals surface area contributed by atoms with Gasteiger partial charge in [0.1, 0.15) is 12.4 Å². The van der Waals surface area contributed by atoms with Crippen LogP contribution in [0.5, 0.6) is 5.75 Å². The third-order valence-electron chi connectivity index (χ3n) is 3.46. The van der Waals surface area contributed by atoms with Crippen LogP contribution in [0.15, 0.2) is 41.7 Å². The van der Waals surface area contributed by atoms with E-state index in [4.69, 9.17) is 4.74 Å². The molecule has 0 fully saturated rings. The van der Waals surface area contributed by atoms with Gasteiger partial charge in [0.25, 0.3) is 0 Å². The minimum absolute atomic E-state index is 0.169. The van der Waals surface area contributed by atoms with Gasteiger partial charge in [-0.15, -0.1) is 0 Å². The fourth-order valence-electron chi connectivity index (χ4n) is 2.57. The highest BCUT2D eigenvalue weighted by atomic mass is 16.5. The summed E-state index contributed by atoms with van der Waals surface area (Å²) in [5.74, 6) is 0.838. The highest BCUT2D eigenvalue weighted by Gasteiger charge is 2.18. The molecule has 1 aromatic heterocycles. The molecule has 0 saturated carbocycles. The smallest absolute Gasteiger partial charge is 0.348 e. The molecular weight excluding hydrogens is 252 g/mol. The predicted molar refractivity (Wildman–Crippen MR) is 78.1 cm³/mol. The van der Waals surface area contributed by atoms with Crippen LogP contribution in [0.1, 0.15) is 11.3 Å². The fraction of sp³-hybridized carbons (Fsp3) is 0.250. The van der Waals surface area contributed by atoms with Gasteiger partial charge in [0.2, 0.25) is 0 Å². The number of hydrogen-bond acceptors (Lipinski definition) is 3. The Morgan fingerprint density at radius 1 is 1.45 bits per heavy atom. The molecule has 3 rings (SSSR count). The summed E-state index contributed by atoms with van der Waals surface area (Å²) < 4.78 is 7.29. The van der Waals surface area contributed by atoms with Crippen molar-refractivity contribution in [1.29, 1.82) is 0 Å². The number of hydrogen-bond donors (Lipinski definition) is 0. The molecule has 1 aliphatic heterocycles. The first kappa shape index (κ1) is 12.7. The monoisotopic (exact) mass is 268 g/mol. The summed E-state index contributed by atoms with van der Waals surface area (Å²) in [6, 6.07) is 7.95. The maximum atomic E-state index is 11.9. The lowest BCUT2D eigenvalue weighted by Gasteiger charge is -2.22. The van der Waals surface area contributed by atoms with Gasteiger partial charge in [-0.25, -0.2) is 4.79 Å². The van der Waals surface area contributed by atoms with E-state index in [1.54, 1.807) is 10.6 Å². The van der Waals surface area contributed by atoms with E-state index in [1.807, 2.05) is 31.2 Å². The highest BCUT2D eigenvalue weighted by Crippen LogP contribution is 2.31. The van der Waals surface area contributed by atoms with E-state index in [1.165, 1.54) is 5.56 Å². The predicted octanol–water partition coefficient (Wildman–Crippen LogP) is 2.34. The molecule has 0 radical (unpaired) electrons. The van der Waals surface area contributed by atoms with Crippen LogP contribution in [0.2, 0.25) is 0 Å². The van der Waals surface area contributed by atoms with Crippen LogP contribution in [0.25, 0.3) is 11.3 Å². The number of aromatic nitrogens is 2. The molecule has 4 heteroatoms. The van der Waals surface area contributed by atoms with Crippen molar-refractivity contribution in [2.45, 2.75) is 19.9 Å². The van der Waals surface area contributed by atoms with E-state index in [-0.39, 0.29) is 5.69 Å². The molecule has 2 heterocycles. The van der Waals surface area contributed by atoms with Crippen LogP contribution in [0.3, 0.4) is 0 Å². The lowest BCUT2D eigenvalue weighted by Crippen LogP contribution is -2.28. The molecule has 0 aliphatic carbocycles. The molecule has 0 amide bonds. The molecule has 0 bridgehead atoms. The summed E-state index contributed by atoms with van der Waals surface area (Å²) in [7, 11) is 0. The zero-order valence-electron chi connectivity index (χ0n) is 11.4.